The van der Waals surface area contributed by atoms with Crippen LogP contribution in [0.15, 0.2) is 24.3 Å². The molecule has 0 N–H and O–H groups in total. The predicted octanol–water partition coefficient (Wildman–Crippen LogP) is 2.70. The van der Waals surface area contributed by atoms with E-state index in [9.17, 15) is 4.79 Å². The van der Waals surface area contributed by atoms with Crippen molar-refractivity contribution in [3.63, 3.8) is 0 Å². The number of hydrogen-bond acceptors (Lipinski definition) is 4. The van der Waals surface area contributed by atoms with Crippen molar-refractivity contribution in [3.8, 4) is 0 Å². The number of allylic oxidation sites excluding steroid dienone is 2. The van der Waals surface area contributed by atoms with Crippen LogP contribution < -0.4 is 0 Å². The van der Waals surface area contributed by atoms with Gasteiger partial charge >= 0.3 is 5.97 Å². The van der Waals surface area contributed by atoms with Gasteiger partial charge in [-0.2, -0.15) is 0 Å². The van der Waals surface area contributed by atoms with Gasteiger partial charge in [-0.3, -0.25) is 0 Å². The van der Waals surface area contributed by atoms with Crippen LogP contribution in [-0.2, 0) is 19.0 Å². The molecule has 1 aliphatic rings. The number of rotatable bonds is 4. The van der Waals surface area contributed by atoms with Gasteiger partial charge in [0.15, 0.2) is 5.79 Å². The Labute approximate surface area is 115 Å². The maximum Gasteiger partial charge on any atom is 0.330 e. The highest BCUT2D eigenvalue weighted by Crippen LogP contribution is 2.30. The number of carbonyl (C=O) groups excluding carboxylic acids is 1. The Morgan fingerprint density at radius 2 is 2.11 bits per heavy atom. The fraction of sp³-hybridized carbons (Fsp3) is 0.667. The van der Waals surface area contributed by atoms with E-state index >= 15 is 0 Å². The third-order valence-corrected chi connectivity index (χ3v) is 3.15. The first-order chi connectivity index (χ1) is 8.85. The van der Waals surface area contributed by atoms with Crippen LogP contribution in [0.4, 0.5) is 0 Å². The number of hydrogen-bond donors (Lipinski definition) is 0. The van der Waals surface area contributed by atoms with Crippen molar-refractivity contribution >= 4 is 5.97 Å². The normalized spacial score (nSPS) is 28.7. The summed E-state index contributed by atoms with van der Waals surface area (Å²) in [5.41, 5.74) is 0. The van der Waals surface area contributed by atoms with E-state index in [-0.39, 0.29) is 18.0 Å². The van der Waals surface area contributed by atoms with Gasteiger partial charge in [0.2, 0.25) is 0 Å². The van der Waals surface area contributed by atoms with E-state index in [0.29, 0.717) is 12.5 Å². The highest BCUT2D eigenvalue weighted by atomic mass is 16.7. The Hall–Kier alpha value is -1.13. The molecule has 0 amide bonds. The second kappa shape index (κ2) is 6.87. The molecule has 4 nitrogen and oxygen atoms in total. The van der Waals surface area contributed by atoms with Crippen LogP contribution in [0.5, 0.6) is 0 Å². The summed E-state index contributed by atoms with van der Waals surface area (Å²) >= 11 is 0. The summed E-state index contributed by atoms with van der Waals surface area (Å²) in [5, 5.41) is 0. The van der Waals surface area contributed by atoms with Crippen molar-refractivity contribution in [1.82, 2.24) is 0 Å². The van der Waals surface area contributed by atoms with Gasteiger partial charge in [0, 0.05) is 17.9 Å². The van der Waals surface area contributed by atoms with Crippen molar-refractivity contribution < 1.29 is 19.0 Å². The molecule has 1 saturated heterocycles. The van der Waals surface area contributed by atoms with E-state index < -0.39 is 5.79 Å². The lowest BCUT2D eigenvalue weighted by molar-refractivity contribution is -0.296. The van der Waals surface area contributed by atoms with Gasteiger partial charge in [-0.25, -0.2) is 4.79 Å². The topological polar surface area (TPSA) is 44.8 Å². The second-order valence-corrected chi connectivity index (χ2v) is 5.40. The van der Waals surface area contributed by atoms with E-state index in [4.69, 9.17) is 9.47 Å². The Balaban J connectivity index is 2.56. The lowest BCUT2D eigenvalue weighted by atomic mass is 9.92. The van der Waals surface area contributed by atoms with Gasteiger partial charge in [-0.05, 0) is 13.8 Å². The Kier molecular flexibility index (Phi) is 5.76. The van der Waals surface area contributed by atoms with E-state index in [1.807, 2.05) is 26.0 Å². The monoisotopic (exact) mass is 268 g/mol. The molecule has 1 aliphatic heterocycles. The molecule has 1 fully saturated rings. The molecule has 3 unspecified atom stereocenters. The molecular weight excluding hydrogens is 244 g/mol. The van der Waals surface area contributed by atoms with Crippen molar-refractivity contribution in [3.05, 3.63) is 24.3 Å². The molecule has 0 aromatic carbocycles. The van der Waals surface area contributed by atoms with Crippen molar-refractivity contribution in [2.45, 2.75) is 39.6 Å². The fourth-order valence-electron chi connectivity index (χ4n) is 2.08. The highest BCUT2D eigenvalue weighted by molar-refractivity contribution is 5.82. The standard InChI is InChI=1S/C15H24O4/c1-11(8-6-7-9-13(16)17-5)14-12(2)10-18-15(3,4)19-14/h6-9,11-12,14H,10H2,1-5H3/b8-6+,9-7+. The van der Waals surface area contributed by atoms with Crippen LogP contribution in [0, 0.1) is 11.8 Å². The third-order valence-electron chi connectivity index (χ3n) is 3.15. The van der Waals surface area contributed by atoms with E-state index in [1.54, 1.807) is 6.08 Å². The Morgan fingerprint density at radius 1 is 1.42 bits per heavy atom. The summed E-state index contributed by atoms with van der Waals surface area (Å²) in [6.07, 6.45) is 7.06. The number of esters is 1. The van der Waals surface area contributed by atoms with Gasteiger partial charge in [-0.15, -0.1) is 0 Å². The average Bonchev–Trinajstić information content (AvgIpc) is 2.37. The quantitative estimate of drug-likeness (QED) is 0.447. The molecule has 108 valence electrons. The molecular formula is C15H24O4. The Bertz CT molecular complexity index is 357. The van der Waals surface area contributed by atoms with Gasteiger partial charge in [0.1, 0.15) is 0 Å². The molecule has 0 aromatic rings. The summed E-state index contributed by atoms with van der Waals surface area (Å²) in [6.45, 7) is 8.78. The van der Waals surface area contributed by atoms with Crippen molar-refractivity contribution in [1.29, 1.82) is 0 Å². The van der Waals surface area contributed by atoms with Crippen LogP contribution in [0.3, 0.4) is 0 Å². The highest BCUT2D eigenvalue weighted by Gasteiger charge is 2.36. The minimum absolute atomic E-state index is 0.117. The summed E-state index contributed by atoms with van der Waals surface area (Å²) in [4.78, 5) is 10.9. The van der Waals surface area contributed by atoms with Crippen LogP contribution in [0.2, 0.25) is 0 Å². The van der Waals surface area contributed by atoms with Crippen molar-refractivity contribution in [2.24, 2.45) is 11.8 Å². The molecule has 0 aliphatic carbocycles. The number of carbonyl (C=O) groups is 1. The molecule has 19 heavy (non-hydrogen) atoms. The van der Waals surface area contributed by atoms with E-state index in [0.717, 1.165) is 0 Å². The predicted molar refractivity (Wildman–Crippen MR) is 73.5 cm³/mol. The molecule has 0 spiro atoms. The minimum atomic E-state index is -0.527. The second-order valence-electron chi connectivity index (χ2n) is 5.40. The number of methoxy groups -OCH3 is 1. The van der Waals surface area contributed by atoms with Crippen molar-refractivity contribution in [2.75, 3.05) is 13.7 Å². The van der Waals surface area contributed by atoms with Crippen LogP contribution in [-0.4, -0.2) is 31.6 Å². The van der Waals surface area contributed by atoms with Gasteiger partial charge < -0.3 is 14.2 Å². The summed E-state index contributed by atoms with van der Waals surface area (Å²) in [6, 6.07) is 0. The minimum Gasteiger partial charge on any atom is -0.466 e. The van der Waals surface area contributed by atoms with Crippen LogP contribution >= 0.6 is 0 Å². The summed E-state index contributed by atoms with van der Waals surface area (Å²) in [7, 11) is 1.36. The van der Waals surface area contributed by atoms with Gasteiger partial charge in [-0.1, -0.05) is 32.1 Å². The fourth-order valence-corrected chi connectivity index (χ4v) is 2.08. The largest absolute Gasteiger partial charge is 0.466 e. The maximum absolute atomic E-state index is 10.9. The SMILES string of the molecule is COC(=O)/C=C/C=C/C(C)C1OC(C)(C)OCC1C. The van der Waals surface area contributed by atoms with E-state index in [1.165, 1.54) is 13.2 Å². The van der Waals surface area contributed by atoms with Crippen LogP contribution in [0.25, 0.3) is 0 Å². The summed E-state index contributed by atoms with van der Waals surface area (Å²) in [5.74, 6) is -0.284. The molecule has 3 atom stereocenters. The van der Waals surface area contributed by atoms with E-state index in [2.05, 4.69) is 18.6 Å². The zero-order valence-corrected chi connectivity index (χ0v) is 12.4. The first-order valence-electron chi connectivity index (χ1n) is 6.60. The molecule has 0 saturated carbocycles. The maximum atomic E-state index is 10.9. The lowest BCUT2D eigenvalue weighted by Gasteiger charge is -2.41. The molecule has 1 rings (SSSR count). The first-order valence-corrected chi connectivity index (χ1v) is 6.60. The third kappa shape index (κ3) is 5.17. The first kappa shape index (κ1) is 15.9. The molecule has 1 heterocycles. The zero-order valence-electron chi connectivity index (χ0n) is 12.4. The zero-order chi connectivity index (χ0) is 14.5. The molecule has 0 aromatic heterocycles. The van der Waals surface area contributed by atoms with Crippen LogP contribution in [0.1, 0.15) is 27.7 Å². The molecule has 0 bridgehead atoms. The lowest BCUT2D eigenvalue weighted by Crippen LogP contribution is -2.46. The Morgan fingerprint density at radius 3 is 2.74 bits per heavy atom. The number of ether oxygens (including phenoxy) is 3. The average molecular weight is 268 g/mol. The summed E-state index contributed by atoms with van der Waals surface area (Å²) < 4.78 is 16.1. The van der Waals surface area contributed by atoms with Gasteiger partial charge in [0.05, 0.1) is 19.8 Å². The smallest absolute Gasteiger partial charge is 0.330 e. The molecule has 0 radical (unpaired) electrons. The molecule has 4 heteroatoms. The van der Waals surface area contributed by atoms with Gasteiger partial charge in [0.25, 0.3) is 0 Å².